The lowest BCUT2D eigenvalue weighted by atomic mass is 9.82. The maximum Gasteiger partial charge on any atom is 0.0951 e. The van der Waals surface area contributed by atoms with Crippen molar-refractivity contribution in [2.45, 2.75) is 45.1 Å². The van der Waals surface area contributed by atoms with Gasteiger partial charge in [0.2, 0.25) is 0 Å². The van der Waals surface area contributed by atoms with Crippen molar-refractivity contribution in [3.8, 4) is 0 Å². The van der Waals surface area contributed by atoms with Crippen LogP contribution in [0.3, 0.4) is 0 Å². The lowest BCUT2D eigenvalue weighted by Crippen LogP contribution is -2.31. The minimum atomic E-state index is 0.584. The molecule has 1 heterocycles. The number of benzene rings is 1. The largest absolute Gasteiger partial charge is 0.397 e. The molecule has 1 aliphatic carbocycles. The van der Waals surface area contributed by atoms with Gasteiger partial charge in [0.1, 0.15) is 0 Å². The first-order chi connectivity index (χ1) is 9.79. The molecule has 3 nitrogen and oxygen atoms in total. The van der Waals surface area contributed by atoms with Gasteiger partial charge in [-0.2, -0.15) is 0 Å². The van der Waals surface area contributed by atoms with E-state index in [1.54, 1.807) is 0 Å². The number of anilines is 2. The van der Waals surface area contributed by atoms with Crippen LogP contribution in [0.15, 0.2) is 30.5 Å². The molecule has 1 fully saturated rings. The first kappa shape index (κ1) is 13.2. The summed E-state index contributed by atoms with van der Waals surface area (Å²) < 4.78 is 0. The summed E-state index contributed by atoms with van der Waals surface area (Å²) in [6.45, 7) is 2.30. The molecule has 1 aromatic carbocycles. The van der Waals surface area contributed by atoms with Gasteiger partial charge in [0, 0.05) is 23.3 Å². The van der Waals surface area contributed by atoms with Gasteiger partial charge in [-0.1, -0.05) is 38.3 Å². The fourth-order valence-electron chi connectivity index (χ4n) is 3.41. The standard InChI is InChI=1S/C17H23N3/c1-2-12-6-3-4-9-15(12)20-16-10-11-19-17-13(16)7-5-8-14(17)18/h5,7-8,10-12,15H,2-4,6,9,18H2,1H3,(H,19,20). The van der Waals surface area contributed by atoms with Gasteiger partial charge in [-0.3, -0.25) is 4.98 Å². The van der Waals surface area contributed by atoms with E-state index in [4.69, 9.17) is 5.73 Å². The summed E-state index contributed by atoms with van der Waals surface area (Å²) in [5.74, 6) is 0.785. The molecule has 0 saturated heterocycles. The van der Waals surface area contributed by atoms with Crippen molar-refractivity contribution >= 4 is 22.3 Å². The van der Waals surface area contributed by atoms with Crippen LogP contribution in [0, 0.1) is 5.92 Å². The van der Waals surface area contributed by atoms with Crippen LogP contribution in [-0.4, -0.2) is 11.0 Å². The highest BCUT2D eigenvalue weighted by Gasteiger charge is 2.23. The predicted molar refractivity (Wildman–Crippen MR) is 85.8 cm³/mol. The molecular formula is C17H23N3. The molecule has 3 rings (SSSR count). The SMILES string of the molecule is CCC1CCCCC1Nc1ccnc2c(N)cccc12. The van der Waals surface area contributed by atoms with E-state index in [1.807, 2.05) is 18.3 Å². The minimum Gasteiger partial charge on any atom is -0.397 e. The van der Waals surface area contributed by atoms with Crippen LogP contribution in [0.1, 0.15) is 39.0 Å². The quantitative estimate of drug-likeness (QED) is 0.821. The lowest BCUT2D eigenvalue weighted by Gasteiger charge is -2.32. The number of nitrogen functional groups attached to an aromatic ring is 1. The number of pyridine rings is 1. The molecule has 1 saturated carbocycles. The van der Waals surface area contributed by atoms with Gasteiger partial charge in [-0.05, 0) is 30.9 Å². The summed E-state index contributed by atoms with van der Waals surface area (Å²) in [6, 6.07) is 8.67. The normalized spacial score (nSPS) is 22.9. The molecule has 2 aromatic rings. The maximum absolute atomic E-state index is 6.02. The number of aromatic nitrogens is 1. The zero-order valence-electron chi connectivity index (χ0n) is 12.1. The molecule has 106 valence electrons. The summed E-state index contributed by atoms with van der Waals surface area (Å²) in [4.78, 5) is 4.41. The molecule has 2 unspecified atom stereocenters. The number of para-hydroxylation sites is 1. The van der Waals surface area contributed by atoms with Gasteiger partial charge >= 0.3 is 0 Å². The molecular weight excluding hydrogens is 246 g/mol. The third kappa shape index (κ3) is 2.45. The zero-order chi connectivity index (χ0) is 13.9. The average molecular weight is 269 g/mol. The number of nitrogens with two attached hydrogens (primary N) is 1. The van der Waals surface area contributed by atoms with Gasteiger partial charge in [0.25, 0.3) is 0 Å². The zero-order valence-corrected chi connectivity index (χ0v) is 12.1. The fraction of sp³-hybridized carbons (Fsp3) is 0.471. The van der Waals surface area contributed by atoms with Crippen molar-refractivity contribution in [3.63, 3.8) is 0 Å². The Morgan fingerprint density at radius 1 is 1.25 bits per heavy atom. The van der Waals surface area contributed by atoms with Gasteiger partial charge in [0.05, 0.1) is 11.2 Å². The van der Waals surface area contributed by atoms with Crippen LogP contribution in [0.5, 0.6) is 0 Å². The average Bonchev–Trinajstić information content (AvgIpc) is 2.49. The third-order valence-electron chi connectivity index (χ3n) is 4.58. The van der Waals surface area contributed by atoms with Gasteiger partial charge in [-0.25, -0.2) is 0 Å². The number of hydrogen-bond donors (Lipinski definition) is 2. The molecule has 20 heavy (non-hydrogen) atoms. The second-order valence-electron chi connectivity index (χ2n) is 5.81. The second kappa shape index (κ2) is 5.70. The molecule has 0 spiro atoms. The highest BCUT2D eigenvalue weighted by molar-refractivity contribution is 5.97. The summed E-state index contributed by atoms with van der Waals surface area (Å²) in [5.41, 5.74) is 8.85. The Hall–Kier alpha value is -1.77. The molecule has 0 amide bonds. The van der Waals surface area contributed by atoms with Gasteiger partial charge in [-0.15, -0.1) is 0 Å². The van der Waals surface area contributed by atoms with Crippen molar-refractivity contribution in [1.29, 1.82) is 0 Å². The Balaban J connectivity index is 1.92. The van der Waals surface area contributed by atoms with E-state index in [-0.39, 0.29) is 0 Å². The van der Waals surface area contributed by atoms with Crippen LogP contribution in [0.4, 0.5) is 11.4 Å². The minimum absolute atomic E-state index is 0.584. The maximum atomic E-state index is 6.02. The van der Waals surface area contributed by atoms with Crippen molar-refractivity contribution < 1.29 is 0 Å². The second-order valence-corrected chi connectivity index (χ2v) is 5.81. The molecule has 0 radical (unpaired) electrons. The Bertz CT molecular complexity index is 594. The molecule has 2 atom stereocenters. The summed E-state index contributed by atoms with van der Waals surface area (Å²) in [6.07, 6.45) is 8.43. The first-order valence-corrected chi connectivity index (χ1v) is 7.69. The molecule has 0 aliphatic heterocycles. The number of fused-ring (bicyclic) bond motifs is 1. The third-order valence-corrected chi connectivity index (χ3v) is 4.58. The van der Waals surface area contributed by atoms with Crippen LogP contribution in [0.2, 0.25) is 0 Å². The monoisotopic (exact) mass is 269 g/mol. The van der Waals surface area contributed by atoms with E-state index in [0.29, 0.717) is 6.04 Å². The van der Waals surface area contributed by atoms with Gasteiger partial charge < -0.3 is 11.1 Å². The summed E-state index contributed by atoms with van der Waals surface area (Å²) in [5, 5.41) is 4.89. The Morgan fingerprint density at radius 2 is 2.10 bits per heavy atom. The van der Waals surface area contributed by atoms with Crippen molar-refractivity contribution in [1.82, 2.24) is 4.98 Å². The number of nitrogens with zero attached hydrogens (tertiary/aromatic N) is 1. The van der Waals surface area contributed by atoms with E-state index in [9.17, 15) is 0 Å². The van der Waals surface area contributed by atoms with E-state index in [1.165, 1.54) is 37.8 Å². The fourth-order valence-corrected chi connectivity index (χ4v) is 3.41. The van der Waals surface area contributed by atoms with E-state index < -0.39 is 0 Å². The van der Waals surface area contributed by atoms with Gasteiger partial charge in [0.15, 0.2) is 0 Å². The highest BCUT2D eigenvalue weighted by Crippen LogP contribution is 2.32. The summed E-state index contributed by atoms with van der Waals surface area (Å²) >= 11 is 0. The Kier molecular flexibility index (Phi) is 3.77. The number of nitrogens with one attached hydrogen (secondary N) is 1. The van der Waals surface area contributed by atoms with Crippen LogP contribution in [0.25, 0.3) is 10.9 Å². The lowest BCUT2D eigenvalue weighted by molar-refractivity contribution is 0.317. The smallest absolute Gasteiger partial charge is 0.0951 e. The van der Waals surface area contributed by atoms with Crippen LogP contribution >= 0.6 is 0 Å². The van der Waals surface area contributed by atoms with Crippen molar-refractivity contribution in [2.24, 2.45) is 5.92 Å². The van der Waals surface area contributed by atoms with E-state index >= 15 is 0 Å². The van der Waals surface area contributed by atoms with Crippen LogP contribution < -0.4 is 11.1 Å². The highest BCUT2D eigenvalue weighted by atomic mass is 14.9. The molecule has 0 bridgehead atoms. The Labute approximate surface area is 120 Å². The predicted octanol–water partition coefficient (Wildman–Crippen LogP) is 4.20. The molecule has 1 aliphatic rings. The van der Waals surface area contributed by atoms with Crippen molar-refractivity contribution in [2.75, 3.05) is 11.1 Å². The molecule has 3 N–H and O–H groups in total. The van der Waals surface area contributed by atoms with E-state index in [0.717, 1.165) is 22.5 Å². The van der Waals surface area contributed by atoms with Crippen LogP contribution in [-0.2, 0) is 0 Å². The Morgan fingerprint density at radius 3 is 2.95 bits per heavy atom. The topological polar surface area (TPSA) is 50.9 Å². The molecule has 1 aromatic heterocycles. The first-order valence-electron chi connectivity index (χ1n) is 7.69. The molecule has 3 heteroatoms. The number of hydrogen-bond acceptors (Lipinski definition) is 3. The van der Waals surface area contributed by atoms with Crippen molar-refractivity contribution in [3.05, 3.63) is 30.5 Å². The van der Waals surface area contributed by atoms with E-state index in [2.05, 4.69) is 29.4 Å². The summed E-state index contributed by atoms with van der Waals surface area (Å²) in [7, 11) is 0. The number of rotatable bonds is 3.